The Labute approximate surface area is 112 Å². The van der Waals surface area contributed by atoms with Crippen LogP contribution in [0.2, 0.25) is 0 Å². The van der Waals surface area contributed by atoms with Gasteiger partial charge in [-0.2, -0.15) is 0 Å². The van der Waals surface area contributed by atoms with Gasteiger partial charge in [0.15, 0.2) is 0 Å². The van der Waals surface area contributed by atoms with Gasteiger partial charge < -0.3 is 9.64 Å². The van der Waals surface area contributed by atoms with Crippen molar-refractivity contribution in [3.63, 3.8) is 0 Å². The largest absolute Gasteiger partial charge is 0.374 e. The second-order valence-electron chi connectivity index (χ2n) is 6.04. The topological polar surface area (TPSA) is 67.3 Å². The summed E-state index contributed by atoms with van der Waals surface area (Å²) in [4.78, 5) is 25.5. The van der Waals surface area contributed by atoms with Gasteiger partial charge in [-0.1, -0.05) is 20.8 Å². The number of hydrogen-bond acceptors (Lipinski definition) is 3. The molecule has 1 aliphatic heterocycles. The minimum atomic E-state index is -0.205. The number of carbonyl (C=O) groups excluding carboxylic acids is 1. The van der Waals surface area contributed by atoms with Gasteiger partial charge in [0.05, 0.1) is 12.7 Å². The molecule has 0 bridgehead atoms. The first-order chi connectivity index (χ1) is 8.79. The second kappa shape index (κ2) is 4.85. The molecule has 0 radical (unpaired) electrons. The van der Waals surface area contributed by atoms with E-state index >= 15 is 0 Å². The molecule has 1 saturated heterocycles. The molecule has 1 aromatic rings. The Kier molecular flexibility index (Phi) is 3.54. The predicted octanol–water partition coefficient (Wildman–Crippen LogP) is 0.600. The first kappa shape index (κ1) is 13.9. The Morgan fingerprint density at radius 3 is 2.68 bits per heavy atom. The van der Waals surface area contributed by atoms with E-state index in [9.17, 15) is 9.59 Å². The molecule has 1 aromatic heterocycles. The molecule has 1 unspecified atom stereocenters. The molecule has 0 spiro atoms. The van der Waals surface area contributed by atoms with Gasteiger partial charge >= 0.3 is 0 Å². The standard InChI is InChI=1S/C13H21N3O3/c1-13(2,3)10-8-16(5-6-19-10)12(18)9-7-11(17)15(4)14-9/h7,10,14H,5-6,8H2,1-4H3. The van der Waals surface area contributed by atoms with Crippen LogP contribution in [0.4, 0.5) is 0 Å². The molecule has 2 heterocycles. The lowest BCUT2D eigenvalue weighted by Gasteiger charge is -2.39. The Bertz CT molecular complexity index is 524. The summed E-state index contributed by atoms with van der Waals surface area (Å²) in [5.41, 5.74) is 0.120. The molecule has 106 valence electrons. The highest BCUT2D eigenvalue weighted by atomic mass is 16.5. The molecule has 6 heteroatoms. The summed E-state index contributed by atoms with van der Waals surface area (Å²) in [5.74, 6) is -0.143. The van der Waals surface area contributed by atoms with Crippen molar-refractivity contribution in [3.8, 4) is 0 Å². The number of aromatic amines is 1. The lowest BCUT2D eigenvalue weighted by atomic mass is 9.88. The maximum atomic E-state index is 12.3. The number of nitrogens with zero attached hydrogens (tertiary/aromatic N) is 2. The van der Waals surface area contributed by atoms with Gasteiger partial charge in [0.1, 0.15) is 5.69 Å². The number of nitrogens with one attached hydrogen (secondary N) is 1. The average Bonchev–Trinajstić information content (AvgIpc) is 2.68. The van der Waals surface area contributed by atoms with Crippen LogP contribution in [0, 0.1) is 5.41 Å². The molecule has 1 atom stereocenters. The van der Waals surface area contributed by atoms with Gasteiger partial charge in [-0.3, -0.25) is 19.4 Å². The van der Waals surface area contributed by atoms with Crippen molar-refractivity contribution in [1.82, 2.24) is 14.7 Å². The van der Waals surface area contributed by atoms with Crippen molar-refractivity contribution < 1.29 is 9.53 Å². The predicted molar refractivity (Wildman–Crippen MR) is 71.1 cm³/mol. The zero-order chi connectivity index (χ0) is 14.2. The average molecular weight is 267 g/mol. The first-order valence-corrected chi connectivity index (χ1v) is 6.46. The summed E-state index contributed by atoms with van der Waals surface area (Å²) >= 11 is 0. The molecular weight excluding hydrogens is 246 g/mol. The first-order valence-electron chi connectivity index (χ1n) is 6.46. The number of aromatic nitrogens is 2. The molecule has 19 heavy (non-hydrogen) atoms. The fraction of sp³-hybridized carbons (Fsp3) is 0.692. The van der Waals surface area contributed by atoms with Gasteiger partial charge in [-0.25, -0.2) is 0 Å². The second-order valence-corrected chi connectivity index (χ2v) is 6.04. The van der Waals surface area contributed by atoms with Gasteiger partial charge in [0, 0.05) is 26.2 Å². The monoisotopic (exact) mass is 267 g/mol. The van der Waals surface area contributed by atoms with Crippen LogP contribution in [-0.2, 0) is 11.8 Å². The molecule has 6 nitrogen and oxygen atoms in total. The van der Waals surface area contributed by atoms with Crippen LogP contribution in [-0.4, -0.2) is 46.4 Å². The van der Waals surface area contributed by atoms with Crippen molar-refractivity contribution in [2.24, 2.45) is 12.5 Å². The number of amides is 1. The van der Waals surface area contributed by atoms with Crippen LogP contribution in [0.15, 0.2) is 10.9 Å². The van der Waals surface area contributed by atoms with E-state index in [1.165, 1.54) is 10.7 Å². The zero-order valence-electron chi connectivity index (χ0n) is 11.9. The number of aryl methyl sites for hydroxylation is 1. The minimum Gasteiger partial charge on any atom is -0.374 e. The van der Waals surface area contributed by atoms with E-state index in [1.54, 1.807) is 11.9 Å². The van der Waals surface area contributed by atoms with Gasteiger partial charge in [0.2, 0.25) is 0 Å². The van der Waals surface area contributed by atoms with Crippen LogP contribution in [0.3, 0.4) is 0 Å². The third-order valence-corrected chi connectivity index (χ3v) is 3.44. The number of H-pyrrole nitrogens is 1. The third kappa shape index (κ3) is 2.89. The Balaban J connectivity index is 2.13. The van der Waals surface area contributed by atoms with E-state index in [-0.39, 0.29) is 23.0 Å². The highest BCUT2D eigenvalue weighted by Crippen LogP contribution is 2.25. The molecule has 1 N–H and O–H groups in total. The van der Waals surface area contributed by atoms with Crippen molar-refractivity contribution in [2.45, 2.75) is 26.9 Å². The van der Waals surface area contributed by atoms with E-state index in [1.807, 2.05) is 0 Å². The quantitative estimate of drug-likeness (QED) is 0.810. The molecule has 2 rings (SSSR count). The van der Waals surface area contributed by atoms with E-state index in [2.05, 4.69) is 25.9 Å². The maximum absolute atomic E-state index is 12.3. The molecule has 1 aliphatic rings. The van der Waals surface area contributed by atoms with Crippen molar-refractivity contribution in [1.29, 1.82) is 0 Å². The third-order valence-electron chi connectivity index (χ3n) is 3.44. The van der Waals surface area contributed by atoms with Crippen LogP contribution in [0.25, 0.3) is 0 Å². The molecule has 1 fully saturated rings. The Morgan fingerprint density at radius 2 is 2.16 bits per heavy atom. The fourth-order valence-electron chi connectivity index (χ4n) is 2.13. The fourth-order valence-corrected chi connectivity index (χ4v) is 2.13. The zero-order valence-corrected chi connectivity index (χ0v) is 11.9. The van der Waals surface area contributed by atoms with Gasteiger partial charge in [0.25, 0.3) is 11.5 Å². The number of morpholine rings is 1. The van der Waals surface area contributed by atoms with Crippen LogP contribution in [0.5, 0.6) is 0 Å². The van der Waals surface area contributed by atoms with Gasteiger partial charge in [-0.05, 0) is 5.41 Å². The number of carbonyl (C=O) groups is 1. The van der Waals surface area contributed by atoms with Crippen LogP contribution < -0.4 is 5.56 Å². The van der Waals surface area contributed by atoms with E-state index in [0.717, 1.165) is 0 Å². The van der Waals surface area contributed by atoms with Crippen LogP contribution in [0.1, 0.15) is 31.3 Å². The van der Waals surface area contributed by atoms with Crippen molar-refractivity contribution >= 4 is 5.91 Å². The Morgan fingerprint density at radius 1 is 1.47 bits per heavy atom. The number of ether oxygens (including phenoxy) is 1. The molecular formula is C13H21N3O3. The van der Waals surface area contributed by atoms with Gasteiger partial charge in [-0.15, -0.1) is 0 Å². The smallest absolute Gasteiger partial charge is 0.272 e. The molecule has 0 saturated carbocycles. The SMILES string of the molecule is Cn1[nH]c(C(=O)N2CCOC(C(C)(C)C)C2)cc1=O. The lowest BCUT2D eigenvalue weighted by molar-refractivity contribution is -0.0707. The molecule has 0 aromatic carbocycles. The highest BCUT2D eigenvalue weighted by Gasteiger charge is 2.33. The van der Waals surface area contributed by atoms with E-state index in [4.69, 9.17) is 4.74 Å². The highest BCUT2D eigenvalue weighted by molar-refractivity contribution is 5.92. The van der Waals surface area contributed by atoms with Crippen LogP contribution >= 0.6 is 0 Å². The molecule has 0 aliphatic carbocycles. The minimum absolute atomic E-state index is 0.0109. The summed E-state index contributed by atoms with van der Waals surface area (Å²) in [6.07, 6.45) is 0.0145. The van der Waals surface area contributed by atoms with E-state index < -0.39 is 0 Å². The summed E-state index contributed by atoms with van der Waals surface area (Å²) < 4.78 is 7.02. The summed E-state index contributed by atoms with van der Waals surface area (Å²) in [5, 5.41) is 2.77. The molecule has 1 amide bonds. The maximum Gasteiger partial charge on any atom is 0.272 e. The normalized spacial score (nSPS) is 20.6. The number of hydrogen-bond donors (Lipinski definition) is 1. The summed E-state index contributed by atoms with van der Waals surface area (Å²) in [7, 11) is 1.59. The van der Waals surface area contributed by atoms with E-state index in [0.29, 0.717) is 25.4 Å². The number of rotatable bonds is 1. The van der Waals surface area contributed by atoms with Crippen molar-refractivity contribution in [3.05, 3.63) is 22.1 Å². The lowest BCUT2D eigenvalue weighted by Crippen LogP contribution is -2.50. The summed E-state index contributed by atoms with van der Waals surface area (Å²) in [6, 6.07) is 1.34. The summed E-state index contributed by atoms with van der Waals surface area (Å²) in [6.45, 7) is 7.93. The Hall–Kier alpha value is -1.56. The van der Waals surface area contributed by atoms with Crippen molar-refractivity contribution in [2.75, 3.05) is 19.7 Å².